The molecule has 11 heteroatoms. The second-order valence-corrected chi connectivity index (χ2v) is 13.4. The number of benzene rings is 2. The number of amides is 2. The van der Waals surface area contributed by atoms with Crippen molar-refractivity contribution in [3.8, 4) is 39.4 Å². The average molecular weight is 625 g/mol. The van der Waals surface area contributed by atoms with Gasteiger partial charge in [-0.3, -0.25) is 4.90 Å². The van der Waals surface area contributed by atoms with Crippen LogP contribution in [-0.4, -0.2) is 66.9 Å². The number of fused-ring (bicyclic) bond motifs is 3. The van der Waals surface area contributed by atoms with Crippen molar-refractivity contribution in [1.82, 2.24) is 30.2 Å². The highest BCUT2D eigenvalue weighted by atomic mass is 16.6. The molecule has 4 N–H and O–H groups in total. The van der Waals surface area contributed by atoms with Gasteiger partial charge in [0.1, 0.15) is 23.0 Å². The van der Waals surface area contributed by atoms with E-state index in [2.05, 4.69) is 51.7 Å². The summed E-state index contributed by atoms with van der Waals surface area (Å²) in [5, 5.41) is 12.7. The van der Waals surface area contributed by atoms with Crippen molar-refractivity contribution < 1.29 is 24.2 Å². The molecule has 1 saturated carbocycles. The second-order valence-electron chi connectivity index (χ2n) is 13.4. The fraction of sp³-hybridized carbons (Fsp3) is 0.429. The molecule has 0 spiro atoms. The normalized spacial score (nSPS) is 20.8. The summed E-state index contributed by atoms with van der Waals surface area (Å²) in [5.41, 5.74) is 6.23. The van der Waals surface area contributed by atoms with Gasteiger partial charge in [0.15, 0.2) is 0 Å². The quantitative estimate of drug-likeness (QED) is 0.186. The maximum Gasteiger partial charge on any atom is 0.407 e. The number of carbonyl (C=O) groups excluding carboxylic acids is 1. The van der Waals surface area contributed by atoms with Gasteiger partial charge in [-0.2, -0.15) is 0 Å². The number of nitrogens with one attached hydrogen (secondary N) is 3. The zero-order valence-electron chi connectivity index (χ0n) is 26.4. The highest BCUT2D eigenvalue weighted by Crippen LogP contribution is 2.40. The topological polar surface area (TPSA) is 145 Å². The molecule has 1 unspecified atom stereocenters. The van der Waals surface area contributed by atoms with Gasteiger partial charge in [-0.1, -0.05) is 36.8 Å². The summed E-state index contributed by atoms with van der Waals surface area (Å²) >= 11 is 0. The largest absolute Gasteiger partial charge is 0.492 e. The number of nitrogens with zero attached hydrogens (tertiary/aromatic N) is 3. The Kier molecular flexibility index (Phi) is 7.70. The van der Waals surface area contributed by atoms with Gasteiger partial charge in [0.25, 0.3) is 0 Å². The van der Waals surface area contributed by atoms with Crippen LogP contribution in [0.3, 0.4) is 0 Å². The molecule has 3 aliphatic rings. The minimum Gasteiger partial charge on any atom is -0.492 e. The number of hydrogen-bond acceptors (Lipinski definition) is 6. The van der Waals surface area contributed by atoms with Crippen molar-refractivity contribution in [3.05, 3.63) is 66.0 Å². The first kappa shape index (κ1) is 29.9. The molecule has 2 aromatic heterocycles. The Bertz CT molecular complexity index is 1750. The van der Waals surface area contributed by atoms with Crippen LogP contribution in [-0.2, 0) is 11.2 Å². The number of imidazole rings is 2. The third-order valence-corrected chi connectivity index (χ3v) is 9.15. The summed E-state index contributed by atoms with van der Waals surface area (Å²) in [6.45, 7) is 6.63. The van der Waals surface area contributed by atoms with Gasteiger partial charge < -0.3 is 29.9 Å². The minimum atomic E-state index is -0.906. The zero-order chi connectivity index (χ0) is 32.0. The van der Waals surface area contributed by atoms with Gasteiger partial charge >= 0.3 is 12.2 Å². The fourth-order valence-corrected chi connectivity index (χ4v) is 6.98. The average Bonchev–Trinajstić information content (AvgIpc) is 3.82. The van der Waals surface area contributed by atoms with E-state index in [1.807, 2.05) is 33.0 Å². The Balaban J connectivity index is 1.07. The third kappa shape index (κ3) is 5.93. The molecule has 4 heterocycles. The number of aromatic amines is 2. The predicted octanol–water partition coefficient (Wildman–Crippen LogP) is 7.04. The number of rotatable bonds is 5. The van der Waals surface area contributed by atoms with Crippen molar-refractivity contribution in [2.75, 3.05) is 13.2 Å². The van der Waals surface area contributed by atoms with Crippen molar-refractivity contribution in [3.63, 3.8) is 0 Å². The lowest BCUT2D eigenvalue weighted by Gasteiger charge is -2.24. The third-order valence-electron chi connectivity index (χ3n) is 9.15. The first-order chi connectivity index (χ1) is 22.1. The Hall–Kier alpha value is -4.80. The second kappa shape index (κ2) is 11.9. The van der Waals surface area contributed by atoms with Crippen LogP contribution in [0.5, 0.6) is 5.75 Å². The smallest absolute Gasteiger partial charge is 0.407 e. The van der Waals surface area contributed by atoms with Gasteiger partial charge in [0, 0.05) is 36.2 Å². The number of alkyl carbamates (subject to hydrolysis) is 1. The van der Waals surface area contributed by atoms with Gasteiger partial charge in [-0.15, -0.1) is 0 Å². The molecular formula is C35H40N6O5. The van der Waals surface area contributed by atoms with E-state index in [1.165, 1.54) is 4.90 Å². The number of hydrogen-bond donors (Lipinski definition) is 4. The summed E-state index contributed by atoms with van der Waals surface area (Å²) < 4.78 is 11.6. The maximum atomic E-state index is 12.4. The van der Waals surface area contributed by atoms with E-state index >= 15 is 0 Å². The summed E-state index contributed by atoms with van der Waals surface area (Å²) in [7, 11) is 0. The molecule has 3 atom stereocenters. The number of carboxylic acid groups (broad SMARTS) is 1. The Morgan fingerprint density at radius 3 is 2.57 bits per heavy atom. The van der Waals surface area contributed by atoms with E-state index in [0.717, 1.165) is 83.0 Å². The van der Waals surface area contributed by atoms with Crippen LogP contribution in [0.15, 0.2) is 48.7 Å². The van der Waals surface area contributed by atoms with Gasteiger partial charge in [0.05, 0.1) is 30.2 Å². The van der Waals surface area contributed by atoms with E-state index < -0.39 is 11.7 Å². The lowest BCUT2D eigenvalue weighted by molar-refractivity contribution is 0.0500. The Labute approximate surface area is 267 Å². The zero-order valence-corrected chi connectivity index (χ0v) is 26.4. The van der Waals surface area contributed by atoms with Crippen LogP contribution in [0.1, 0.15) is 82.2 Å². The van der Waals surface area contributed by atoms with Crippen LogP contribution >= 0.6 is 0 Å². The van der Waals surface area contributed by atoms with Crippen molar-refractivity contribution in [1.29, 1.82) is 0 Å². The first-order valence-corrected chi connectivity index (χ1v) is 16.1. The van der Waals surface area contributed by atoms with Crippen molar-refractivity contribution in [2.45, 2.75) is 82.9 Å². The van der Waals surface area contributed by atoms with E-state index in [-0.39, 0.29) is 24.1 Å². The molecule has 2 fully saturated rings. The first-order valence-electron chi connectivity index (χ1n) is 16.1. The van der Waals surface area contributed by atoms with Crippen LogP contribution in [0.4, 0.5) is 9.59 Å². The molecule has 4 aromatic rings. The van der Waals surface area contributed by atoms with Crippen molar-refractivity contribution >= 4 is 12.2 Å². The molecule has 2 amide bonds. The Morgan fingerprint density at radius 1 is 1.00 bits per heavy atom. The molecule has 7 rings (SSSR count). The van der Waals surface area contributed by atoms with Crippen LogP contribution in [0.25, 0.3) is 33.6 Å². The highest BCUT2D eigenvalue weighted by Gasteiger charge is 2.34. The number of aromatic nitrogens is 4. The molecule has 2 aromatic carbocycles. The standard InChI is InChI=1S/C35H40N6O5/c1-35(2,3)46-33(42)39-25-7-4-6-23(25)31-36-19-27(38-31)21-11-9-20(10-12-21)22-13-14-24-29(18-22)45-17-15-26-30(24)40-32(37-26)28-8-5-16-41(28)34(43)44/h9-14,18-19,23,25,28H,4-8,15-17H2,1-3H3,(H,36,38)(H,37,40)(H,39,42)(H,43,44)/t23-,25+,28?/m1/s1. The van der Waals surface area contributed by atoms with Crippen LogP contribution < -0.4 is 10.1 Å². The number of likely N-dealkylation sites (tertiary alicyclic amines) is 1. The van der Waals surface area contributed by atoms with E-state index in [0.29, 0.717) is 25.4 Å². The van der Waals surface area contributed by atoms with Crippen LogP contribution in [0, 0.1) is 0 Å². The maximum absolute atomic E-state index is 12.4. The molecular weight excluding hydrogens is 584 g/mol. The molecule has 11 nitrogen and oxygen atoms in total. The van der Waals surface area contributed by atoms with E-state index in [4.69, 9.17) is 19.4 Å². The van der Waals surface area contributed by atoms with E-state index in [9.17, 15) is 14.7 Å². The summed E-state index contributed by atoms with van der Waals surface area (Å²) in [6, 6.07) is 14.3. The number of ether oxygens (including phenoxy) is 2. The molecule has 0 radical (unpaired) electrons. The molecule has 46 heavy (non-hydrogen) atoms. The molecule has 1 aliphatic carbocycles. The van der Waals surface area contributed by atoms with Crippen molar-refractivity contribution in [2.24, 2.45) is 0 Å². The molecule has 240 valence electrons. The molecule has 2 aliphatic heterocycles. The summed E-state index contributed by atoms with van der Waals surface area (Å²) in [5.74, 6) is 2.47. The fourth-order valence-electron chi connectivity index (χ4n) is 6.98. The lowest BCUT2D eigenvalue weighted by Crippen LogP contribution is -2.40. The predicted molar refractivity (Wildman–Crippen MR) is 173 cm³/mol. The van der Waals surface area contributed by atoms with E-state index in [1.54, 1.807) is 0 Å². The number of carbonyl (C=O) groups is 2. The minimum absolute atomic E-state index is 0.0158. The molecule has 1 saturated heterocycles. The summed E-state index contributed by atoms with van der Waals surface area (Å²) in [6.07, 6.45) is 5.71. The SMILES string of the molecule is CC(C)(C)OC(=O)N[C@H]1CCC[C@H]1c1ncc(-c2ccc(-c3ccc4c(c3)OCCc3[nH]c(C5CCCN5C(=O)O)nc3-4)cc2)[nH]1. The molecule has 0 bridgehead atoms. The van der Waals surface area contributed by atoms with Gasteiger partial charge in [-0.05, 0) is 75.3 Å². The summed E-state index contributed by atoms with van der Waals surface area (Å²) in [4.78, 5) is 42.1. The van der Waals surface area contributed by atoms with Gasteiger partial charge in [-0.25, -0.2) is 19.6 Å². The highest BCUT2D eigenvalue weighted by molar-refractivity contribution is 5.77. The monoisotopic (exact) mass is 624 g/mol. The lowest BCUT2D eigenvalue weighted by atomic mass is 9.99. The number of H-pyrrole nitrogens is 2. The Morgan fingerprint density at radius 2 is 1.78 bits per heavy atom. The van der Waals surface area contributed by atoms with Crippen LogP contribution in [0.2, 0.25) is 0 Å². The van der Waals surface area contributed by atoms with Gasteiger partial charge in [0.2, 0.25) is 0 Å².